The lowest BCUT2D eigenvalue weighted by Gasteiger charge is -2.11. The van der Waals surface area contributed by atoms with E-state index in [0.717, 1.165) is 43.7 Å². The van der Waals surface area contributed by atoms with Crippen molar-refractivity contribution in [2.45, 2.75) is 0 Å². The first-order valence-corrected chi connectivity index (χ1v) is 16.7. The van der Waals surface area contributed by atoms with Crippen LogP contribution in [0.15, 0.2) is 168 Å². The van der Waals surface area contributed by atoms with E-state index in [1.165, 1.54) is 12.1 Å². The van der Waals surface area contributed by atoms with E-state index in [0.29, 0.717) is 56.3 Å². The van der Waals surface area contributed by atoms with Crippen molar-refractivity contribution in [3.63, 3.8) is 0 Å². The number of furan rings is 1. The monoisotopic (exact) mass is 657 g/mol. The second-order valence-corrected chi connectivity index (χ2v) is 12.5. The highest BCUT2D eigenvalue weighted by atomic mass is 16.3. The summed E-state index contributed by atoms with van der Waals surface area (Å²) in [6.07, 6.45) is 0. The molecule has 51 heavy (non-hydrogen) atoms. The average molecular weight is 658 g/mol. The third-order valence-electron chi connectivity index (χ3n) is 9.70. The van der Waals surface area contributed by atoms with Gasteiger partial charge in [-0.3, -0.25) is 4.57 Å². The number of fused-ring (bicyclic) bond motifs is 9. The number of nitrogens with zero attached hydrogens (tertiary/aromatic N) is 5. The second kappa shape index (κ2) is 10.7. The molecule has 0 aliphatic rings. The quantitative estimate of drug-likeness (QED) is 0.189. The highest BCUT2D eigenvalue weighted by Gasteiger charge is 2.21. The second-order valence-electron chi connectivity index (χ2n) is 12.5. The first-order chi connectivity index (χ1) is 26.9. The van der Waals surface area contributed by atoms with Crippen LogP contribution in [0, 0.1) is 0 Å². The lowest BCUT2D eigenvalue weighted by atomic mass is 10.1. The van der Waals surface area contributed by atoms with Crippen molar-refractivity contribution in [2.75, 3.05) is 0 Å². The van der Waals surface area contributed by atoms with E-state index >= 15 is 0 Å². The molecule has 11 aromatic rings. The number of benzene rings is 7. The Hall–Kier alpha value is -7.05. The Morgan fingerprint density at radius 1 is 0.471 bits per heavy atom. The fourth-order valence-electron chi connectivity index (χ4n) is 7.49. The predicted molar refractivity (Wildman–Crippen MR) is 207 cm³/mol. The molecule has 0 aliphatic carbocycles. The lowest BCUT2D eigenvalue weighted by Crippen LogP contribution is -2.06. The average Bonchev–Trinajstić information content (AvgIpc) is 3.86. The van der Waals surface area contributed by atoms with Crippen LogP contribution in [0.4, 0.5) is 0 Å². The highest BCUT2D eigenvalue weighted by molar-refractivity contribution is 6.13. The first kappa shape index (κ1) is 24.1. The van der Waals surface area contributed by atoms with Crippen LogP contribution in [0.25, 0.3) is 100.0 Å². The molecule has 6 nitrogen and oxygen atoms in total. The predicted octanol–water partition coefficient (Wildman–Crippen LogP) is 11.3. The lowest BCUT2D eigenvalue weighted by molar-refractivity contribution is 0.668. The van der Waals surface area contributed by atoms with Crippen molar-refractivity contribution in [2.24, 2.45) is 0 Å². The molecule has 0 radical (unpaired) electrons. The van der Waals surface area contributed by atoms with Gasteiger partial charge in [-0.1, -0.05) is 115 Å². The van der Waals surface area contributed by atoms with Gasteiger partial charge in [0.1, 0.15) is 11.2 Å². The minimum absolute atomic E-state index is 0.166. The zero-order valence-corrected chi connectivity index (χ0v) is 26.9. The molecular weight excluding hydrogens is 627 g/mol. The summed E-state index contributed by atoms with van der Waals surface area (Å²) in [6.45, 7) is 0. The number of hydrogen-bond acceptors (Lipinski definition) is 4. The van der Waals surface area contributed by atoms with Gasteiger partial charge in [-0.2, -0.15) is 9.97 Å². The molecular formula is C45H27N5O. The molecule has 0 amide bonds. The fraction of sp³-hybridized carbons (Fsp3) is 0. The summed E-state index contributed by atoms with van der Waals surface area (Å²) in [5.41, 5.74) is 6.75. The molecule has 0 atom stereocenters. The van der Waals surface area contributed by atoms with E-state index in [4.69, 9.17) is 24.9 Å². The Morgan fingerprint density at radius 3 is 1.84 bits per heavy atom. The van der Waals surface area contributed by atoms with Crippen LogP contribution in [0.5, 0.6) is 0 Å². The third-order valence-corrected chi connectivity index (χ3v) is 9.70. The Balaban J connectivity index is 1.16. The summed E-state index contributed by atoms with van der Waals surface area (Å²) in [7, 11) is 0. The topological polar surface area (TPSA) is 61.7 Å². The van der Waals surface area contributed by atoms with Crippen molar-refractivity contribution < 1.29 is 9.90 Å². The van der Waals surface area contributed by atoms with Crippen molar-refractivity contribution >= 4 is 65.6 Å². The molecule has 7 aromatic carbocycles. The molecule has 0 unspecified atom stereocenters. The molecule has 0 saturated heterocycles. The van der Waals surface area contributed by atoms with Gasteiger partial charge in [0.25, 0.3) is 0 Å². The van der Waals surface area contributed by atoms with Crippen LogP contribution in [0.2, 0.25) is 0 Å². The Bertz CT molecular complexity index is 3270. The van der Waals surface area contributed by atoms with Crippen LogP contribution in [0.1, 0.15) is 5.48 Å². The standard InChI is InChI=1S/C45H27N5O/c1-2-13-28(14-3-1)43-46-44(48-45(47-43)50-38-22-10-6-17-32(38)33-18-7-11-23-39(33)50)35-19-12-24-40-42(35)34-26-25-29(27-41(34)51-40)49-36-20-8-4-15-30(36)31-16-5-9-21-37(31)49/h1-27H/i4D,5D,20D,21D. The van der Waals surface area contributed by atoms with Crippen molar-refractivity contribution in [1.82, 2.24) is 24.1 Å². The van der Waals surface area contributed by atoms with Gasteiger partial charge in [-0.05, 0) is 42.4 Å². The maximum Gasteiger partial charge on any atom is 0.238 e. The summed E-state index contributed by atoms with van der Waals surface area (Å²) in [5, 5.41) is 5.24. The van der Waals surface area contributed by atoms with Crippen LogP contribution in [0.3, 0.4) is 0 Å². The molecule has 238 valence electrons. The van der Waals surface area contributed by atoms with E-state index in [1.807, 2.05) is 95.6 Å². The van der Waals surface area contributed by atoms with E-state index in [1.54, 1.807) is 12.1 Å². The molecule has 4 heterocycles. The maximum absolute atomic E-state index is 8.87. The van der Waals surface area contributed by atoms with E-state index in [2.05, 4.69) is 28.8 Å². The largest absolute Gasteiger partial charge is 0.456 e. The van der Waals surface area contributed by atoms with Crippen LogP contribution >= 0.6 is 0 Å². The van der Waals surface area contributed by atoms with Gasteiger partial charge in [-0.25, -0.2) is 4.98 Å². The summed E-state index contributed by atoms with van der Waals surface area (Å²) in [5.74, 6) is 1.55. The van der Waals surface area contributed by atoms with Crippen LogP contribution < -0.4 is 0 Å². The molecule has 0 bridgehead atoms. The summed E-state index contributed by atoms with van der Waals surface area (Å²) < 4.78 is 44.9. The molecule has 0 spiro atoms. The number of para-hydroxylation sites is 4. The van der Waals surface area contributed by atoms with Gasteiger partial charge in [0.2, 0.25) is 5.95 Å². The van der Waals surface area contributed by atoms with Crippen LogP contribution in [-0.4, -0.2) is 24.1 Å². The minimum atomic E-state index is 0.166. The molecule has 0 N–H and O–H groups in total. The SMILES string of the molecule is [2H]c1cc([2H])c2c(c1)c1cc([2H])cc([2H])c1n2-c1ccc2c(c1)oc1cccc(-c3nc(-c4ccccc4)nc(-n4c5ccccc5c5ccccc54)n3)c12. The molecule has 0 saturated carbocycles. The Morgan fingerprint density at radius 2 is 1.12 bits per heavy atom. The Labute approximate surface area is 297 Å². The first-order valence-electron chi connectivity index (χ1n) is 18.7. The smallest absolute Gasteiger partial charge is 0.238 e. The van der Waals surface area contributed by atoms with E-state index in [-0.39, 0.29) is 24.2 Å². The molecule has 6 heteroatoms. The van der Waals surface area contributed by atoms with Gasteiger partial charge < -0.3 is 8.98 Å². The normalized spacial score (nSPS) is 13.0. The summed E-state index contributed by atoms with van der Waals surface area (Å²) in [6, 6.07) is 45.4. The van der Waals surface area contributed by atoms with Crippen molar-refractivity contribution in [1.29, 1.82) is 0 Å². The number of aromatic nitrogens is 5. The van der Waals surface area contributed by atoms with Gasteiger partial charge in [0, 0.05) is 55.2 Å². The zero-order chi connectivity index (χ0) is 36.9. The molecule has 11 rings (SSSR count). The van der Waals surface area contributed by atoms with Gasteiger partial charge in [0.15, 0.2) is 11.6 Å². The van der Waals surface area contributed by atoms with Gasteiger partial charge in [0.05, 0.1) is 27.5 Å². The van der Waals surface area contributed by atoms with Crippen LogP contribution in [-0.2, 0) is 0 Å². The molecule has 0 aliphatic heterocycles. The molecule has 0 fully saturated rings. The maximum atomic E-state index is 8.87. The van der Waals surface area contributed by atoms with Gasteiger partial charge >= 0.3 is 0 Å². The van der Waals surface area contributed by atoms with Gasteiger partial charge in [-0.15, -0.1) is 0 Å². The summed E-state index contributed by atoms with van der Waals surface area (Å²) >= 11 is 0. The number of rotatable bonds is 4. The van der Waals surface area contributed by atoms with E-state index in [9.17, 15) is 0 Å². The van der Waals surface area contributed by atoms with Crippen molar-refractivity contribution in [3.05, 3.63) is 164 Å². The van der Waals surface area contributed by atoms with E-state index < -0.39 is 0 Å². The minimum Gasteiger partial charge on any atom is -0.456 e. The van der Waals surface area contributed by atoms with Crippen molar-refractivity contribution in [3.8, 4) is 34.4 Å². The molecule has 4 aromatic heterocycles. The Kier molecular flexibility index (Phi) is 5.08. The zero-order valence-electron chi connectivity index (χ0n) is 30.9. The summed E-state index contributed by atoms with van der Waals surface area (Å²) in [4.78, 5) is 15.4. The number of hydrogen-bond donors (Lipinski definition) is 0. The third kappa shape index (κ3) is 4.14. The highest BCUT2D eigenvalue weighted by Crippen LogP contribution is 2.39. The fourth-order valence-corrected chi connectivity index (χ4v) is 7.49.